The molecule has 0 atom stereocenters. The third kappa shape index (κ3) is 3.54. The number of rotatable bonds is 5. The molecule has 1 aliphatic carbocycles. The van der Waals surface area contributed by atoms with Crippen LogP contribution in [-0.2, 0) is 6.54 Å². The van der Waals surface area contributed by atoms with Crippen LogP contribution in [-0.4, -0.2) is 30.2 Å². The highest BCUT2D eigenvalue weighted by Gasteiger charge is 2.32. The van der Waals surface area contributed by atoms with Crippen LogP contribution in [0.1, 0.15) is 37.7 Å². The number of thiophene rings is 1. The van der Waals surface area contributed by atoms with Crippen molar-refractivity contribution in [1.29, 1.82) is 0 Å². The van der Waals surface area contributed by atoms with Crippen LogP contribution in [0.25, 0.3) is 0 Å². The van der Waals surface area contributed by atoms with Gasteiger partial charge in [-0.15, -0.1) is 0 Å². The van der Waals surface area contributed by atoms with Crippen LogP contribution < -0.4 is 0 Å². The van der Waals surface area contributed by atoms with Crippen molar-refractivity contribution in [3.63, 3.8) is 0 Å². The molecule has 2 nitrogen and oxygen atoms in total. The first kappa shape index (κ1) is 13.1. The smallest absolute Gasteiger partial charge is 0.0499 e. The molecule has 1 aromatic rings. The van der Waals surface area contributed by atoms with E-state index in [1.807, 2.05) is 0 Å². The van der Waals surface area contributed by atoms with E-state index in [9.17, 15) is 5.11 Å². The maximum absolute atomic E-state index is 9.69. The number of aliphatic hydroxyl groups excluding tert-OH is 1. The predicted octanol–water partition coefficient (Wildman–Crippen LogP) is 3.12. The zero-order chi connectivity index (χ0) is 12.1. The first-order valence-corrected chi connectivity index (χ1v) is 7.49. The van der Waals surface area contributed by atoms with Gasteiger partial charge in [0.25, 0.3) is 0 Å². The summed E-state index contributed by atoms with van der Waals surface area (Å²) in [5.41, 5.74) is 1.56. The molecule has 1 heterocycles. The van der Waals surface area contributed by atoms with Gasteiger partial charge in [0.2, 0.25) is 0 Å². The second-order valence-electron chi connectivity index (χ2n) is 5.52. The Hall–Kier alpha value is -0.380. The van der Waals surface area contributed by atoms with E-state index in [1.54, 1.807) is 11.3 Å². The molecule has 0 amide bonds. The van der Waals surface area contributed by atoms with E-state index in [0.717, 1.165) is 13.1 Å². The quantitative estimate of drug-likeness (QED) is 0.871. The molecular weight excluding hydrogens is 230 g/mol. The lowest BCUT2D eigenvalue weighted by Crippen LogP contribution is -2.39. The maximum atomic E-state index is 9.69. The summed E-state index contributed by atoms with van der Waals surface area (Å²) >= 11 is 1.76. The van der Waals surface area contributed by atoms with E-state index in [2.05, 4.69) is 28.8 Å². The molecule has 0 saturated heterocycles. The van der Waals surface area contributed by atoms with Crippen molar-refractivity contribution in [3.05, 3.63) is 22.4 Å². The Morgan fingerprint density at radius 3 is 2.71 bits per heavy atom. The highest BCUT2D eigenvalue weighted by Crippen LogP contribution is 2.36. The van der Waals surface area contributed by atoms with E-state index in [-0.39, 0.29) is 5.41 Å². The highest BCUT2D eigenvalue weighted by atomic mass is 32.1. The lowest BCUT2D eigenvalue weighted by atomic mass is 9.74. The van der Waals surface area contributed by atoms with Crippen molar-refractivity contribution < 1.29 is 5.11 Å². The standard InChI is InChI=1S/C14H23NOS/c1-15(9-13-5-8-17-10-13)11-14(12-16)6-3-2-4-7-14/h5,8,10,16H,2-4,6-7,9,11-12H2,1H3. The van der Waals surface area contributed by atoms with Crippen LogP contribution in [0.3, 0.4) is 0 Å². The summed E-state index contributed by atoms with van der Waals surface area (Å²) < 4.78 is 0. The molecule has 1 aromatic heterocycles. The third-order valence-electron chi connectivity index (χ3n) is 3.89. The molecular formula is C14H23NOS. The molecule has 1 saturated carbocycles. The minimum absolute atomic E-state index is 0.170. The molecule has 96 valence electrons. The van der Waals surface area contributed by atoms with Gasteiger partial charge in [-0.1, -0.05) is 19.3 Å². The molecule has 2 rings (SSSR count). The van der Waals surface area contributed by atoms with Crippen molar-refractivity contribution >= 4 is 11.3 Å². The maximum Gasteiger partial charge on any atom is 0.0499 e. The Labute approximate surface area is 108 Å². The summed E-state index contributed by atoms with van der Waals surface area (Å²) in [6, 6.07) is 2.19. The highest BCUT2D eigenvalue weighted by molar-refractivity contribution is 7.07. The van der Waals surface area contributed by atoms with E-state index in [1.165, 1.54) is 37.7 Å². The van der Waals surface area contributed by atoms with Gasteiger partial charge in [0.1, 0.15) is 0 Å². The van der Waals surface area contributed by atoms with Gasteiger partial charge in [-0.25, -0.2) is 0 Å². The number of hydrogen-bond acceptors (Lipinski definition) is 3. The molecule has 1 N–H and O–H groups in total. The fourth-order valence-corrected chi connectivity index (χ4v) is 3.65. The minimum Gasteiger partial charge on any atom is -0.396 e. The van der Waals surface area contributed by atoms with Crippen molar-refractivity contribution in [1.82, 2.24) is 4.90 Å². The van der Waals surface area contributed by atoms with Crippen LogP contribution in [0.4, 0.5) is 0 Å². The molecule has 17 heavy (non-hydrogen) atoms. The van der Waals surface area contributed by atoms with Gasteiger partial charge in [-0.3, -0.25) is 0 Å². The fraction of sp³-hybridized carbons (Fsp3) is 0.714. The summed E-state index contributed by atoms with van der Waals surface area (Å²) in [5.74, 6) is 0. The third-order valence-corrected chi connectivity index (χ3v) is 4.62. The number of nitrogens with zero attached hydrogens (tertiary/aromatic N) is 1. The monoisotopic (exact) mass is 253 g/mol. The van der Waals surface area contributed by atoms with Crippen LogP contribution in [0.15, 0.2) is 16.8 Å². The lowest BCUT2D eigenvalue weighted by Gasteiger charge is -2.38. The molecule has 0 bridgehead atoms. The largest absolute Gasteiger partial charge is 0.396 e. The van der Waals surface area contributed by atoms with Crippen molar-refractivity contribution in [2.75, 3.05) is 20.2 Å². The lowest BCUT2D eigenvalue weighted by molar-refractivity contribution is 0.0464. The van der Waals surface area contributed by atoms with Gasteiger partial charge < -0.3 is 10.0 Å². The predicted molar refractivity (Wildman–Crippen MR) is 73.3 cm³/mol. The van der Waals surface area contributed by atoms with Gasteiger partial charge in [0.05, 0.1) is 0 Å². The molecule has 0 aliphatic heterocycles. The molecule has 0 radical (unpaired) electrons. The average Bonchev–Trinajstić information content (AvgIpc) is 2.83. The Bertz CT molecular complexity index is 317. The number of aliphatic hydroxyl groups is 1. The fourth-order valence-electron chi connectivity index (χ4n) is 2.99. The van der Waals surface area contributed by atoms with E-state index < -0.39 is 0 Å². The van der Waals surface area contributed by atoms with Gasteiger partial charge >= 0.3 is 0 Å². The van der Waals surface area contributed by atoms with Crippen LogP contribution in [0.5, 0.6) is 0 Å². The van der Waals surface area contributed by atoms with E-state index in [4.69, 9.17) is 0 Å². The summed E-state index contributed by atoms with van der Waals surface area (Å²) in [6.07, 6.45) is 6.30. The summed E-state index contributed by atoms with van der Waals surface area (Å²) in [4.78, 5) is 2.36. The van der Waals surface area contributed by atoms with Gasteiger partial charge in [-0.2, -0.15) is 11.3 Å². The Kier molecular flexibility index (Phi) is 4.60. The van der Waals surface area contributed by atoms with E-state index >= 15 is 0 Å². The van der Waals surface area contributed by atoms with Gasteiger partial charge in [-0.05, 0) is 42.3 Å². The molecule has 0 unspecified atom stereocenters. The Morgan fingerprint density at radius 1 is 1.35 bits per heavy atom. The SMILES string of the molecule is CN(Cc1ccsc1)CC1(CO)CCCCC1. The molecule has 1 aliphatic rings. The zero-order valence-electron chi connectivity index (χ0n) is 10.7. The zero-order valence-corrected chi connectivity index (χ0v) is 11.5. The van der Waals surface area contributed by atoms with Gasteiger partial charge in [0.15, 0.2) is 0 Å². The number of hydrogen-bond donors (Lipinski definition) is 1. The first-order chi connectivity index (χ1) is 8.24. The van der Waals surface area contributed by atoms with Crippen molar-refractivity contribution in [2.45, 2.75) is 38.6 Å². The molecule has 0 spiro atoms. The first-order valence-electron chi connectivity index (χ1n) is 6.55. The second-order valence-corrected chi connectivity index (χ2v) is 6.30. The van der Waals surface area contributed by atoms with Crippen molar-refractivity contribution in [3.8, 4) is 0 Å². The van der Waals surface area contributed by atoms with Crippen LogP contribution >= 0.6 is 11.3 Å². The topological polar surface area (TPSA) is 23.5 Å². The van der Waals surface area contributed by atoms with Gasteiger partial charge in [0, 0.05) is 25.1 Å². The molecule has 1 fully saturated rings. The normalized spacial score (nSPS) is 19.7. The Morgan fingerprint density at radius 2 is 2.12 bits per heavy atom. The minimum atomic E-state index is 0.170. The van der Waals surface area contributed by atoms with Crippen molar-refractivity contribution in [2.24, 2.45) is 5.41 Å². The summed E-state index contributed by atoms with van der Waals surface area (Å²) in [6.45, 7) is 2.38. The van der Waals surface area contributed by atoms with E-state index in [0.29, 0.717) is 6.61 Å². The average molecular weight is 253 g/mol. The molecule has 3 heteroatoms. The summed E-state index contributed by atoms with van der Waals surface area (Å²) in [7, 11) is 2.17. The molecule has 0 aromatic carbocycles. The summed E-state index contributed by atoms with van der Waals surface area (Å²) in [5, 5.41) is 14.0. The second kappa shape index (κ2) is 5.98. The van der Waals surface area contributed by atoms with Crippen LogP contribution in [0.2, 0.25) is 0 Å². The van der Waals surface area contributed by atoms with Crippen LogP contribution in [0, 0.1) is 5.41 Å². The Balaban J connectivity index is 1.89.